The molecule has 0 aromatic heterocycles. The number of rotatable bonds is 5. The molecule has 0 saturated carbocycles. The topological polar surface area (TPSA) is 24.8 Å². The first kappa shape index (κ1) is 21.6. The summed E-state index contributed by atoms with van der Waals surface area (Å²) in [5.74, 6) is 0.0288. The van der Waals surface area contributed by atoms with E-state index in [1.807, 2.05) is 11.0 Å². The maximum atomic E-state index is 12.7. The lowest BCUT2D eigenvalue weighted by molar-refractivity contribution is -0.929. The van der Waals surface area contributed by atoms with Crippen LogP contribution in [-0.4, -0.2) is 37.0 Å². The molecule has 0 bridgehead atoms. The zero-order chi connectivity index (χ0) is 21.6. The van der Waals surface area contributed by atoms with Crippen LogP contribution in [0.25, 0.3) is 6.08 Å². The second-order valence-corrected chi connectivity index (χ2v) is 8.56. The van der Waals surface area contributed by atoms with Gasteiger partial charge in [0.1, 0.15) is 6.04 Å². The van der Waals surface area contributed by atoms with E-state index in [2.05, 4.69) is 60.7 Å². The van der Waals surface area contributed by atoms with E-state index in [1.165, 1.54) is 16.0 Å². The molecule has 0 spiro atoms. The largest absolute Gasteiger partial charge is 0.328 e. The van der Waals surface area contributed by atoms with Crippen molar-refractivity contribution in [1.29, 1.82) is 0 Å². The highest BCUT2D eigenvalue weighted by atomic mass is 35.5. The van der Waals surface area contributed by atoms with E-state index >= 15 is 0 Å². The van der Waals surface area contributed by atoms with Gasteiger partial charge in [-0.1, -0.05) is 89.9 Å². The molecule has 3 aromatic carbocycles. The summed E-state index contributed by atoms with van der Waals surface area (Å²) in [5.41, 5.74) is 3.48. The fourth-order valence-corrected chi connectivity index (χ4v) is 4.45. The van der Waals surface area contributed by atoms with Crippen LogP contribution in [0.4, 0.5) is 0 Å². The monoisotopic (exact) mass is 451 g/mol. The fourth-order valence-electron chi connectivity index (χ4n) is 4.15. The Bertz CT molecular complexity index is 1010. The lowest BCUT2D eigenvalue weighted by Gasteiger charge is -2.36. The minimum atomic E-state index is 0.0288. The summed E-state index contributed by atoms with van der Waals surface area (Å²) in [6.45, 7) is 3.27. The van der Waals surface area contributed by atoms with Gasteiger partial charge in [-0.25, -0.2) is 0 Å². The van der Waals surface area contributed by atoms with Crippen molar-refractivity contribution < 1.29 is 9.69 Å². The SMILES string of the molecule is O=C(/C=C/c1ccc(Cl)c(Cl)c1)N1CC[NH+](C(c2ccccc2)c2ccccc2)CC1. The van der Waals surface area contributed by atoms with Crippen molar-refractivity contribution >= 4 is 35.2 Å². The quantitative estimate of drug-likeness (QED) is 0.566. The lowest BCUT2D eigenvalue weighted by Crippen LogP contribution is -3.15. The van der Waals surface area contributed by atoms with Gasteiger partial charge < -0.3 is 9.80 Å². The maximum Gasteiger partial charge on any atom is 0.246 e. The Kier molecular flexibility index (Phi) is 7.08. The molecule has 1 amide bonds. The highest BCUT2D eigenvalue weighted by Gasteiger charge is 2.30. The molecule has 1 N–H and O–H groups in total. The average molecular weight is 452 g/mol. The van der Waals surface area contributed by atoms with Gasteiger partial charge in [0.2, 0.25) is 5.91 Å². The van der Waals surface area contributed by atoms with E-state index in [0.717, 1.165) is 31.7 Å². The van der Waals surface area contributed by atoms with Crippen LogP contribution in [0, 0.1) is 0 Å². The Morgan fingerprint density at radius 2 is 1.42 bits per heavy atom. The molecule has 0 unspecified atom stereocenters. The van der Waals surface area contributed by atoms with Crippen LogP contribution < -0.4 is 4.90 Å². The van der Waals surface area contributed by atoms with Gasteiger partial charge in [0.05, 0.1) is 36.2 Å². The number of hydrogen-bond acceptors (Lipinski definition) is 1. The smallest absolute Gasteiger partial charge is 0.246 e. The number of halogens is 2. The van der Waals surface area contributed by atoms with Crippen molar-refractivity contribution in [1.82, 2.24) is 4.90 Å². The van der Waals surface area contributed by atoms with Crippen LogP contribution in [0.2, 0.25) is 10.0 Å². The first-order valence-corrected chi connectivity index (χ1v) is 11.2. The number of benzene rings is 3. The summed E-state index contributed by atoms with van der Waals surface area (Å²) in [4.78, 5) is 16.1. The third-order valence-electron chi connectivity index (χ3n) is 5.75. The molecule has 3 nitrogen and oxygen atoms in total. The van der Waals surface area contributed by atoms with Crippen LogP contribution in [0.5, 0.6) is 0 Å². The molecule has 1 fully saturated rings. The molecule has 3 aromatic rings. The van der Waals surface area contributed by atoms with E-state index in [9.17, 15) is 4.79 Å². The predicted octanol–water partition coefficient (Wildman–Crippen LogP) is 4.52. The van der Waals surface area contributed by atoms with E-state index in [1.54, 1.807) is 24.3 Å². The van der Waals surface area contributed by atoms with E-state index in [4.69, 9.17) is 23.2 Å². The highest BCUT2D eigenvalue weighted by Crippen LogP contribution is 2.23. The Balaban J connectivity index is 1.43. The summed E-state index contributed by atoms with van der Waals surface area (Å²) in [7, 11) is 0. The van der Waals surface area contributed by atoms with Crippen molar-refractivity contribution in [3.63, 3.8) is 0 Å². The molecule has 1 heterocycles. The number of amides is 1. The third kappa shape index (κ3) is 5.37. The van der Waals surface area contributed by atoms with Crippen molar-refractivity contribution in [2.75, 3.05) is 26.2 Å². The molecular weight excluding hydrogens is 427 g/mol. The number of nitrogens with zero attached hydrogens (tertiary/aromatic N) is 1. The number of carbonyl (C=O) groups is 1. The summed E-state index contributed by atoms with van der Waals surface area (Å²) in [5, 5.41) is 0.997. The summed E-state index contributed by atoms with van der Waals surface area (Å²) >= 11 is 12.0. The molecule has 5 heteroatoms. The van der Waals surface area contributed by atoms with Crippen LogP contribution in [0.15, 0.2) is 84.9 Å². The molecule has 1 saturated heterocycles. The molecule has 4 rings (SSSR count). The molecule has 0 atom stereocenters. The Hall–Kier alpha value is -2.59. The Morgan fingerprint density at radius 3 is 1.97 bits per heavy atom. The Labute approximate surface area is 193 Å². The number of piperazine rings is 1. The Morgan fingerprint density at radius 1 is 0.839 bits per heavy atom. The zero-order valence-corrected chi connectivity index (χ0v) is 18.7. The molecule has 31 heavy (non-hydrogen) atoms. The van der Waals surface area contributed by atoms with Gasteiger partial charge in [-0.2, -0.15) is 0 Å². The van der Waals surface area contributed by atoms with Crippen LogP contribution >= 0.6 is 23.2 Å². The summed E-state index contributed by atoms with van der Waals surface area (Å²) in [6, 6.07) is 26.9. The third-order valence-corrected chi connectivity index (χ3v) is 6.49. The van der Waals surface area contributed by atoms with Crippen molar-refractivity contribution in [2.45, 2.75) is 6.04 Å². The minimum Gasteiger partial charge on any atom is -0.328 e. The molecule has 0 radical (unpaired) electrons. The van der Waals surface area contributed by atoms with Crippen LogP contribution in [-0.2, 0) is 4.79 Å². The van der Waals surface area contributed by atoms with Crippen LogP contribution in [0.3, 0.4) is 0 Å². The van der Waals surface area contributed by atoms with Gasteiger partial charge in [-0.15, -0.1) is 0 Å². The van der Waals surface area contributed by atoms with Crippen molar-refractivity contribution in [3.05, 3.63) is 112 Å². The number of nitrogens with one attached hydrogen (secondary N) is 1. The molecule has 1 aliphatic rings. The second kappa shape index (κ2) is 10.1. The van der Waals surface area contributed by atoms with Gasteiger partial charge in [-0.3, -0.25) is 4.79 Å². The zero-order valence-electron chi connectivity index (χ0n) is 17.2. The first-order valence-electron chi connectivity index (χ1n) is 10.5. The molecule has 158 valence electrons. The number of carbonyl (C=O) groups excluding carboxylic acids is 1. The van der Waals surface area contributed by atoms with Gasteiger partial charge in [0.15, 0.2) is 0 Å². The lowest BCUT2D eigenvalue weighted by atomic mass is 9.96. The first-order chi connectivity index (χ1) is 15.1. The standard InChI is InChI=1S/C26H24Cl2N2O/c27-23-13-11-20(19-24(23)28)12-14-25(31)29-15-17-30(18-16-29)26(21-7-3-1-4-8-21)22-9-5-2-6-10-22/h1-14,19,26H,15-18H2/p+1/b14-12+. The molecule has 0 aliphatic carbocycles. The van der Waals surface area contributed by atoms with Gasteiger partial charge in [-0.05, 0) is 23.8 Å². The average Bonchev–Trinajstić information content (AvgIpc) is 2.82. The normalized spacial score (nSPS) is 15.0. The molecular formula is C26H25Cl2N2O+. The number of hydrogen-bond donors (Lipinski definition) is 1. The summed E-state index contributed by atoms with van der Waals surface area (Å²) < 4.78 is 0. The number of quaternary nitrogens is 1. The van der Waals surface area contributed by atoms with E-state index in [-0.39, 0.29) is 11.9 Å². The molecule has 1 aliphatic heterocycles. The van der Waals surface area contributed by atoms with Crippen molar-refractivity contribution in [2.24, 2.45) is 0 Å². The highest BCUT2D eigenvalue weighted by molar-refractivity contribution is 6.42. The van der Waals surface area contributed by atoms with Gasteiger partial charge in [0.25, 0.3) is 0 Å². The van der Waals surface area contributed by atoms with E-state index < -0.39 is 0 Å². The summed E-state index contributed by atoms with van der Waals surface area (Å²) in [6.07, 6.45) is 3.41. The van der Waals surface area contributed by atoms with Crippen LogP contribution in [0.1, 0.15) is 22.7 Å². The fraction of sp³-hybridized carbons (Fsp3) is 0.192. The van der Waals surface area contributed by atoms with Gasteiger partial charge >= 0.3 is 0 Å². The second-order valence-electron chi connectivity index (χ2n) is 7.74. The predicted molar refractivity (Wildman–Crippen MR) is 127 cm³/mol. The van der Waals surface area contributed by atoms with E-state index in [0.29, 0.717) is 10.0 Å². The van der Waals surface area contributed by atoms with Gasteiger partial charge in [0, 0.05) is 17.2 Å². The minimum absolute atomic E-state index is 0.0288. The maximum absolute atomic E-state index is 12.7. The van der Waals surface area contributed by atoms with Crippen molar-refractivity contribution in [3.8, 4) is 0 Å².